The van der Waals surface area contributed by atoms with Crippen molar-refractivity contribution in [3.63, 3.8) is 0 Å². The first-order valence-corrected chi connectivity index (χ1v) is 9.26. The number of nitrogen functional groups attached to an aromatic ring is 1. The van der Waals surface area contributed by atoms with Crippen molar-refractivity contribution in [3.8, 4) is 5.69 Å². The van der Waals surface area contributed by atoms with Crippen LogP contribution in [0.5, 0.6) is 0 Å². The van der Waals surface area contributed by atoms with Crippen LogP contribution >= 0.6 is 35.0 Å². The zero-order valence-corrected chi connectivity index (χ0v) is 15.8. The second kappa shape index (κ2) is 6.25. The molecule has 1 aliphatic rings. The fraction of sp³-hybridized carbons (Fsp3) is 0.333. The van der Waals surface area contributed by atoms with Gasteiger partial charge >= 0.3 is 6.18 Å². The van der Waals surface area contributed by atoms with Crippen molar-refractivity contribution in [2.24, 2.45) is 0 Å². The van der Waals surface area contributed by atoms with Gasteiger partial charge in [0.2, 0.25) is 0 Å². The molecule has 0 amide bonds. The van der Waals surface area contributed by atoms with Crippen LogP contribution in [-0.2, 0) is 10.9 Å². The molecule has 3 rings (SSSR count). The molecule has 1 atom stereocenters. The largest absolute Gasteiger partial charge is 0.416 e. The Labute approximate surface area is 164 Å². The first kappa shape index (κ1) is 20.2. The summed E-state index contributed by atoms with van der Waals surface area (Å²) in [5, 5.41) is 10.6. The van der Waals surface area contributed by atoms with Crippen LogP contribution in [-0.4, -0.2) is 28.2 Å². The lowest BCUT2D eigenvalue weighted by molar-refractivity contribution is -0.137. The summed E-state index contributed by atoms with van der Waals surface area (Å²) >= 11 is 12.8. The molecule has 0 spiro atoms. The maximum Gasteiger partial charge on any atom is 0.416 e. The Morgan fingerprint density at radius 2 is 1.81 bits per heavy atom. The number of rotatable bonds is 4. The Kier molecular flexibility index (Phi) is 4.68. The highest BCUT2D eigenvalue weighted by Crippen LogP contribution is 2.68. The number of nitrogens with two attached hydrogens (primary N) is 1. The fourth-order valence-corrected chi connectivity index (χ4v) is 4.61. The Hall–Kier alpha value is -1.52. The second-order valence-electron chi connectivity index (χ2n) is 5.90. The van der Waals surface area contributed by atoms with Gasteiger partial charge in [0, 0.05) is 18.2 Å². The van der Waals surface area contributed by atoms with E-state index < -0.39 is 38.9 Å². The highest BCUT2D eigenvalue weighted by Gasteiger charge is 2.73. The average molecular weight is 445 g/mol. The first-order valence-electron chi connectivity index (χ1n) is 7.28. The maximum absolute atomic E-state index is 14.0. The van der Waals surface area contributed by atoms with Crippen LogP contribution in [0.1, 0.15) is 23.2 Å². The molecule has 3 N–H and O–H groups in total. The Bertz CT molecular complexity index is 920. The molecule has 1 aliphatic carbocycles. The van der Waals surface area contributed by atoms with Crippen LogP contribution in [0, 0.1) is 5.41 Å². The SMILES string of the molecule is CSC1(c2c(C=N)nn(-c3c(Cl)cc(C(F)(F)F)cc3Cl)c2N)CC1(F)F. The van der Waals surface area contributed by atoms with E-state index in [9.17, 15) is 22.0 Å². The van der Waals surface area contributed by atoms with Crippen molar-refractivity contribution in [2.45, 2.75) is 23.3 Å². The van der Waals surface area contributed by atoms with Crippen molar-refractivity contribution in [1.82, 2.24) is 9.78 Å². The van der Waals surface area contributed by atoms with Crippen LogP contribution < -0.4 is 5.73 Å². The average Bonchev–Trinajstić information content (AvgIpc) is 2.96. The first-order chi connectivity index (χ1) is 12.4. The fourth-order valence-electron chi connectivity index (χ4n) is 2.93. The minimum Gasteiger partial charge on any atom is -0.383 e. The van der Waals surface area contributed by atoms with Gasteiger partial charge < -0.3 is 11.1 Å². The lowest BCUT2D eigenvalue weighted by Crippen LogP contribution is -2.15. The quantitative estimate of drug-likeness (QED) is 0.491. The van der Waals surface area contributed by atoms with Crippen molar-refractivity contribution < 1.29 is 22.0 Å². The minimum atomic E-state index is -4.67. The highest BCUT2D eigenvalue weighted by molar-refractivity contribution is 8.00. The number of nitrogens with zero attached hydrogens (tertiary/aromatic N) is 2. The number of nitrogens with one attached hydrogen (secondary N) is 1. The number of anilines is 1. The molecule has 1 aromatic carbocycles. The molecular weight excluding hydrogens is 434 g/mol. The maximum atomic E-state index is 14.0. The van der Waals surface area contributed by atoms with E-state index in [1.54, 1.807) is 0 Å². The van der Waals surface area contributed by atoms with Gasteiger partial charge in [-0.25, -0.2) is 13.5 Å². The van der Waals surface area contributed by atoms with E-state index in [-0.39, 0.29) is 22.8 Å². The van der Waals surface area contributed by atoms with E-state index in [1.807, 2.05) is 0 Å². The summed E-state index contributed by atoms with van der Waals surface area (Å²) in [7, 11) is 0. The van der Waals surface area contributed by atoms with Crippen molar-refractivity contribution >= 4 is 47.0 Å². The molecule has 1 aromatic heterocycles. The van der Waals surface area contributed by atoms with Crippen molar-refractivity contribution in [1.29, 1.82) is 5.41 Å². The Balaban J connectivity index is 2.23. The molecule has 4 nitrogen and oxygen atoms in total. The number of thioether (sulfide) groups is 1. The number of hydrogen-bond acceptors (Lipinski definition) is 4. The molecule has 1 saturated carbocycles. The Morgan fingerprint density at radius 1 is 1.30 bits per heavy atom. The number of aromatic nitrogens is 2. The third-order valence-electron chi connectivity index (χ3n) is 4.33. The number of benzene rings is 1. The van der Waals surface area contributed by atoms with Gasteiger partial charge in [-0.2, -0.15) is 18.3 Å². The van der Waals surface area contributed by atoms with E-state index in [0.717, 1.165) is 22.7 Å². The zero-order valence-electron chi connectivity index (χ0n) is 13.5. The summed E-state index contributed by atoms with van der Waals surface area (Å²) in [5.41, 5.74) is 4.55. The van der Waals surface area contributed by atoms with E-state index in [2.05, 4.69) is 5.10 Å². The van der Waals surface area contributed by atoms with Crippen LogP contribution in [0.2, 0.25) is 10.0 Å². The van der Waals surface area contributed by atoms with E-state index >= 15 is 0 Å². The van der Waals surface area contributed by atoms with Crippen LogP contribution in [0.4, 0.5) is 27.8 Å². The predicted molar refractivity (Wildman–Crippen MR) is 95.6 cm³/mol. The third-order valence-corrected chi connectivity index (χ3v) is 6.25. The highest BCUT2D eigenvalue weighted by atomic mass is 35.5. The monoisotopic (exact) mass is 444 g/mol. The lowest BCUT2D eigenvalue weighted by atomic mass is 10.1. The summed E-state index contributed by atoms with van der Waals surface area (Å²) in [6.45, 7) is 0. The molecule has 1 heterocycles. The van der Waals surface area contributed by atoms with Crippen LogP contribution in [0.25, 0.3) is 5.69 Å². The molecule has 0 saturated heterocycles. The minimum absolute atomic E-state index is 0.0676. The van der Waals surface area contributed by atoms with Crippen molar-refractivity contribution in [2.75, 3.05) is 12.0 Å². The lowest BCUT2D eigenvalue weighted by Gasteiger charge is -2.16. The molecule has 1 unspecified atom stereocenters. The summed E-state index contributed by atoms with van der Waals surface area (Å²) in [5.74, 6) is -3.32. The Morgan fingerprint density at radius 3 is 2.19 bits per heavy atom. The molecule has 0 radical (unpaired) electrons. The summed E-state index contributed by atoms with van der Waals surface area (Å²) in [6.07, 6.45) is -2.94. The second-order valence-corrected chi connectivity index (χ2v) is 7.82. The summed E-state index contributed by atoms with van der Waals surface area (Å²) in [6, 6.07) is 1.29. The van der Waals surface area contributed by atoms with E-state index in [0.29, 0.717) is 12.1 Å². The molecule has 146 valence electrons. The molecule has 0 bridgehead atoms. The zero-order chi connectivity index (χ0) is 20.4. The van der Waals surface area contributed by atoms with Gasteiger partial charge in [-0.05, 0) is 18.4 Å². The van der Waals surface area contributed by atoms with Gasteiger partial charge in [0.1, 0.15) is 21.9 Å². The smallest absolute Gasteiger partial charge is 0.383 e. The molecule has 27 heavy (non-hydrogen) atoms. The molecule has 1 fully saturated rings. The number of hydrogen-bond donors (Lipinski definition) is 2. The molecular formula is C15H11Cl2F5N4S. The van der Waals surface area contributed by atoms with Gasteiger partial charge in [0.15, 0.2) is 0 Å². The van der Waals surface area contributed by atoms with Gasteiger partial charge in [-0.3, -0.25) is 0 Å². The van der Waals surface area contributed by atoms with Gasteiger partial charge in [-0.15, -0.1) is 11.8 Å². The van der Waals surface area contributed by atoms with E-state index in [4.69, 9.17) is 34.3 Å². The molecule has 12 heteroatoms. The number of halogens is 7. The summed E-state index contributed by atoms with van der Waals surface area (Å²) < 4.78 is 66.0. The van der Waals surface area contributed by atoms with Gasteiger partial charge in [0.05, 0.1) is 15.6 Å². The van der Waals surface area contributed by atoms with Gasteiger partial charge in [0.25, 0.3) is 5.92 Å². The molecule has 0 aliphatic heterocycles. The van der Waals surface area contributed by atoms with E-state index in [1.165, 1.54) is 6.26 Å². The standard InChI is InChI=1S/C15H11Cl2F5N4S/c1-27-13(5-14(13,18)19)10-9(4-23)25-26(12(10)24)11-7(16)2-6(3-8(11)17)15(20,21)22/h2-4,23H,5,24H2,1H3. The van der Waals surface area contributed by atoms with Crippen LogP contribution in [0.3, 0.4) is 0 Å². The topological polar surface area (TPSA) is 67.7 Å². The number of alkyl halides is 5. The van der Waals surface area contributed by atoms with Gasteiger partial charge in [-0.1, -0.05) is 23.2 Å². The van der Waals surface area contributed by atoms with Crippen LogP contribution in [0.15, 0.2) is 12.1 Å². The predicted octanol–water partition coefficient (Wildman–Crippen LogP) is 5.38. The normalized spacial score (nSPS) is 21.3. The van der Waals surface area contributed by atoms with Crippen molar-refractivity contribution in [3.05, 3.63) is 39.0 Å². The molecule has 2 aromatic rings. The third kappa shape index (κ3) is 2.98. The summed E-state index contributed by atoms with van der Waals surface area (Å²) in [4.78, 5) is 0.